The normalized spacial score (nSPS) is 17.1. The van der Waals surface area contributed by atoms with Crippen LogP contribution < -0.4 is 4.90 Å². The molecule has 9 heteroatoms. The highest BCUT2D eigenvalue weighted by molar-refractivity contribution is 6.29. The summed E-state index contributed by atoms with van der Waals surface area (Å²) in [6, 6.07) is 7.91. The van der Waals surface area contributed by atoms with Gasteiger partial charge in [0, 0.05) is 0 Å². The first-order valence-corrected chi connectivity index (χ1v) is 7.52. The van der Waals surface area contributed by atoms with E-state index in [4.69, 9.17) is 11.6 Å². The van der Waals surface area contributed by atoms with Crippen molar-refractivity contribution in [2.75, 3.05) is 4.90 Å². The third-order valence-corrected chi connectivity index (χ3v) is 4.05. The van der Waals surface area contributed by atoms with Crippen LogP contribution in [0.1, 0.15) is 22.9 Å². The van der Waals surface area contributed by atoms with Crippen LogP contribution in [0.25, 0.3) is 0 Å². The lowest BCUT2D eigenvalue weighted by Gasteiger charge is -2.17. The number of aliphatic hydroxyl groups excluding tert-OH is 1. The van der Waals surface area contributed by atoms with E-state index in [1.807, 2.05) is 0 Å². The molecule has 0 radical (unpaired) electrons. The molecule has 25 heavy (non-hydrogen) atoms. The van der Waals surface area contributed by atoms with Gasteiger partial charge in [-0.15, -0.1) is 0 Å². The summed E-state index contributed by atoms with van der Waals surface area (Å²) in [5.41, 5.74) is -1.57. The molecule has 132 valence electrons. The molecule has 1 unspecified atom stereocenters. The molecule has 1 aliphatic heterocycles. The largest absolute Gasteiger partial charge is 0.382 e. The van der Waals surface area contributed by atoms with Crippen molar-refractivity contribution in [3.8, 4) is 0 Å². The maximum absolute atomic E-state index is 14.5. The molecule has 0 bridgehead atoms. The number of fused-ring (bicyclic) bond motifs is 1. The van der Waals surface area contributed by atoms with E-state index in [0.29, 0.717) is 0 Å². The van der Waals surface area contributed by atoms with E-state index < -0.39 is 35.5 Å². The zero-order valence-electron chi connectivity index (χ0n) is 12.5. The minimum absolute atomic E-state index is 0.123. The Hall–Kier alpha value is -2.19. The molecule has 1 N–H and O–H groups in total. The minimum atomic E-state index is -4.03. The Morgan fingerprint density at radius 3 is 2.52 bits per heavy atom. The Bertz CT molecular complexity index is 832. The number of amides is 1. The van der Waals surface area contributed by atoms with Crippen LogP contribution in [-0.2, 0) is 17.3 Å². The first-order valence-electron chi connectivity index (χ1n) is 7.14. The van der Waals surface area contributed by atoms with Gasteiger partial charge in [0.15, 0.2) is 0 Å². The molecule has 0 aliphatic carbocycles. The average Bonchev–Trinajstić information content (AvgIpc) is 2.75. The van der Waals surface area contributed by atoms with Gasteiger partial charge in [0.25, 0.3) is 6.43 Å². The Balaban J connectivity index is 2.08. The molecule has 3 rings (SSSR count). The first kappa shape index (κ1) is 17.6. The predicted octanol–water partition coefficient (Wildman–Crippen LogP) is 3.67. The zero-order chi connectivity index (χ0) is 18.4. The lowest BCUT2D eigenvalue weighted by molar-refractivity contribution is -0.142. The molecule has 1 atom stereocenters. The van der Waals surface area contributed by atoms with E-state index in [-0.39, 0.29) is 23.1 Å². The lowest BCUT2D eigenvalue weighted by Crippen LogP contribution is -2.34. The number of rotatable bonds is 4. The minimum Gasteiger partial charge on any atom is -0.382 e. The number of aromatic nitrogens is 1. The first-order chi connectivity index (χ1) is 11.7. The number of halogens is 5. The molecule has 0 spiro atoms. The molecule has 1 aliphatic rings. The number of nitrogens with zero attached hydrogens (tertiary/aromatic N) is 2. The van der Waals surface area contributed by atoms with Gasteiger partial charge >= 0.3 is 11.8 Å². The molecular weight excluding hydrogens is 364 g/mol. The van der Waals surface area contributed by atoms with Crippen LogP contribution in [0.15, 0.2) is 36.4 Å². The second kappa shape index (κ2) is 6.27. The Kier molecular flexibility index (Phi) is 4.42. The van der Waals surface area contributed by atoms with Gasteiger partial charge in [-0.25, -0.2) is 13.8 Å². The molecule has 4 nitrogen and oxygen atoms in total. The topological polar surface area (TPSA) is 53.4 Å². The summed E-state index contributed by atoms with van der Waals surface area (Å²) in [6.07, 6.45) is -5.68. The van der Waals surface area contributed by atoms with Gasteiger partial charge in [-0.05, 0) is 23.8 Å². The molecule has 1 aromatic carbocycles. The molecule has 0 saturated heterocycles. The van der Waals surface area contributed by atoms with Gasteiger partial charge in [-0.3, -0.25) is 4.79 Å². The van der Waals surface area contributed by atoms with E-state index in [1.54, 1.807) is 6.07 Å². The maximum atomic E-state index is 14.5. The third-order valence-electron chi connectivity index (χ3n) is 3.84. The molecule has 0 fully saturated rings. The molecule has 1 aromatic heterocycles. The van der Waals surface area contributed by atoms with Crippen molar-refractivity contribution in [1.29, 1.82) is 0 Å². The van der Waals surface area contributed by atoms with Gasteiger partial charge < -0.3 is 10.0 Å². The van der Waals surface area contributed by atoms with Crippen LogP contribution in [0, 0.1) is 0 Å². The summed E-state index contributed by atoms with van der Waals surface area (Å²) in [4.78, 5) is 16.8. The monoisotopic (exact) mass is 374 g/mol. The van der Waals surface area contributed by atoms with Crippen LogP contribution in [0.3, 0.4) is 0 Å². The maximum Gasteiger partial charge on any atom is 0.352 e. The third kappa shape index (κ3) is 2.96. The molecule has 2 aromatic rings. The second-order valence-corrected chi connectivity index (χ2v) is 5.83. The van der Waals surface area contributed by atoms with Crippen molar-refractivity contribution in [3.05, 3.63) is 58.4 Å². The number of carbonyl (C=O) groups is 1. The summed E-state index contributed by atoms with van der Waals surface area (Å²) < 4.78 is 54.5. The van der Waals surface area contributed by atoms with E-state index in [1.165, 1.54) is 24.3 Å². The van der Waals surface area contributed by atoms with Gasteiger partial charge in [0.2, 0.25) is 0 Å². The zero-order valence-corrected chi connectivity index (χ0v) is 13.2. The highest BCUT2D eigenvalue weighted by Gasteiger charge is 2.55. The standard InChI is InChI=1S/C16H11ClF4N2O2/c17-11-6-1-3-8(22-11)7-23-10-5-2-4-9(13(24)14(18)19)12(10)16(20,21)15(23)25/h1-6,13-14,24H,7H2. The van der Waals surface area contributed by atoms with E-state index in [0.717, 1.165) is 11.0 Å². The van der Waals surface area contributed by atoms with Crippen molar-refractivity contribution in [2.24, 2.45) is 0 Å². The fourth-order valence-corrected chi connectivity index (χ4v) is 2.93. The number of carbonyl (C=O) groups excluding carboxylic acids is 1. The smallest absolute Gasteiger partial charge is 0.352 e. The number of hydrogen-bond donors (Lipinski definition) is 1. The highest BCUT2D eigenvalue weighted by Crippen LogP contribution is 2.48. The van der Waals surface area contributed by atoms with Gasteiger partial charge in [0.1, 0.15) is 11.3 Å². The van der Waals surface area contributed by atoms with Gasteiger partial charge in [-0.2, -0.15) is 8.78 Å². The number of alkyl halides is 4. The quantitative estimate of drug-likeness (QED) is 0.656. The van der Waals surface area contributed by atoms with Gasteiger partial charge in [-0.1, -0.05) is 29.8 Å². The fourth-order valence-electron chi connectivity index (χ4n) is 2.75. The number of hydrogen-bond acceptors (Lipinski definition) is 3. The molecular formula is C16H11ClF4N2O2. The van der Waals surface area contributed by atoms with Crippen molar-refractivity contribution < 1.29 is 27.5 Å². The molecule has 0 saturated carbocycles. The summed E-state index contributed by atoms with van der Waals surface area (Å²) in [6.45, 7) is -0.309. The van der Waals surface area contributed by atoms with Crippen molar-refractivity contribution >= 4 is 23.2 Å². The molecule has 2 heterocycles. The summed E-state index contributed by atoms with van der Waals surface area (Å²) in [5, 5.41) is 9.67. The van der Waals surface area contributed by atoms with Crippen molar-refractivity contribution in [2.45, 2.75) is 25.0 Å². The highest BCUT2D eigenvalue weighted by atomic mass is 35.5. The van der Waals surface area contributed by atoms with Crippen LogP contribution in [0.5, 0.6) is 0 Å². The number of pyridine rings is 1. The Morgan fingerprint density at radius 2 is 1.88 bits per heavy atom. The summed E-state index contributed by atoms with van der Waals surface area (Å²) >= 11 is 5.75. The van der Waals surface area contributed by atoms with Crippen molar-refractivity contribution in [1.82, 2.24) is 4.98 Å². The SMILES string of the molecule is O=C1N(Cc2cccc(Cl)n2)c2cccc(C(O)C(F)F)c2C1(F)F. The number of aliphatic hydroxyl groups is 1. The second-order valence-electron chi connectivity index (χ2n) is 5.44. The predicted molar refractivity (Wildman–Crippen MR) is 81.7 cm³/mol. The van der Waals surface area contributed by atoms with Crippen molar-refractivity contribution in [3.63, 3.8) is 0 Å². The van der Waals surface area contributed by atoms with E-state index >= 15 is 0 Å². The Morgan fingerprint density at radius 1 is 1.20 bits per heavy atom. The van der Waals surface area contributed by atoms with Crippen LogP contribution in [-0.4, -0.2) is 22.4 Å². The fraction of sp³-hybridized carbons (Fsp3) is 0.250. The van der Waals surface area contributed by atoms with Gasteiger partial charge in [0.05, 0.1) is 23.5 Å². The van der Waals surface area contributed by atoms with Crippen LogP contribution in [0.4, 0.5) is 23.2 Å². The van der Waals surface area contributed by atoms with Crippen LogP contribution in [0.2, 0.25) is 5.15 Å². The van der Waals surface area contributed by atoms with E-state index in [2.05, 4.69) is 4.98 Å². The summed E-state index contributed by atoms with van der Waals surface area (Å²) in [5.74, 6) is -5.60. The lowest BCUT2D eigenvalue weighted by atomic mass is 9.98. The summed E-state index contributed by atoms with van der Waals surface area (Å²) in [7, 11) is 0. The van der Waals surface area contributed by atoms with E-state index in [9.17, 15) is 27.5 Å². The molecule has 1 amide bonds. The average molecular weight is 375 g/mol. The van der Waals surface area contributed by atoms with Crippen LogP contribution >= 0.6 is 11.6 Å². The number of anilines is 1. The number of benzene rings is 1. The Labute approximate surface area is 144 Å².